The highest BCUT2D eigenvalue weighted by Crippen LogP contribution is 2.32. The van der Waals surface area contributed by atoms with Crippen LogP contribution in [0.5, 0.6) is 0 Å². The van der Waals surface area contributed by atoms with Gasteiger partial charge in [-0.05, 0) is 53.9 Å². The van der Waals surface area contributed by atoms with Crippen LogP contribution in [0, 0.1) is 12.3 Å². The lowest BCUT2D eigenvalue weighted by Crippen LogP contribution is -2.37. The van der Waals surface area contributed by atoms with E-state index in [2.05, 4.69) is 11.0 Å². The molecule has 1 aliphatic heterocycles. The van der Waals surface area contributed by atoms with E-state index < -0.39 is 29.3 Å². The summed E-state index contributed by atoms with van der Waals surface area (Å²) < 4.78 is 12.3. The van der Waals surface area contributed by atoms with Crippen LogP contribution in [-0.4, -0.2) is 64.1 Å². The highest BCUT2D eigenvalue weighted by molar-refractivity contribution is 6.03. The Morgan fingerprint density at radius 1 is 1.16 bits per heavy atom. The number of rotatable bonds is 3. The molecule has 1 aliphatic rings. The minimum Gasteiger partial charge on any atom is -0.444 e. The van der Waals surface area contributed by atoms with Crippen LogP contribution in [0.15, 0.2) is 0 Å². The molecule has 1 aromatic heterocycles. The molecule has 0 bridgehead atoms. The summed E-state index contributed by atoms with van der Waals surface area (Å²) in [5, 5.41) is 4.35. The van der Waals surface area contributed by atoms with Gasteiger partial charge >= 0.3 is 12.2 Å². The molecule has 1 fully saturated rings. The van der Waals surface area contributed by atoms with E-state index in [1.165, 1.54) is 11.7 Å². The molecule has 0 aromatic carbocycles. The van der Waals surface area contributed by atoms with Crippen LogP contribution in [0.1, 0.15) is 70.1 Å². The summed E-state index contributed by atoms with van der Waals surface area (Å²) in [4.78, 5) is 40.0. The second-order valence-electron chi connectivity index (χ2n) is 9.41. The van der Waals surface area contributed by atoms with Gasteiger partial charge in [-0.15, -0.1) is 6.42 Å². The molecule has 170 valence electrons. The summed E-state index contributed by atoms with van der Waals surface area (Å²) in [6, 6.07) is -0.340. The Hall–Kier alpha value is -3.22. The Morgan fingerprint density at radius 2 is 1.74 bits per heavy atom. The molecule has 0 unspecified atom stereocenters. The van der Waals surface area contributed by atoms with Gasteiger partial charge in [0, 0.05) is 20.1 Å². The maximum atomic E-state index is 12.7. The first-order valence-electron chi connectivity index (χ1n) is 9.98. The first kappa shape index (κ1) is 24.1. The molecule has 10 nitrogen and oxygen atoms in total. The zero-order chi connectivity index (χ0) is 23.7. The lowest BCUT2D eigenvalue weighted by molar-refractivity contribution is 0.0287. The molecule has 1 atom stereocenters. The number of terminal acetylenes is 1. The van der Waals surface area contributed by atoms with E-state index in [0.29, 0.717) is 13.0 Å². The van der Waals surface area contributed by atoms with Gasteiger partial charge in [-0.25, -0.2) is 14.3 Å². The summed E-state index contributed by atoms with van der Waals surface area (Å²) >= 11 is 0. The quantitative estimate of drug-likeness (QED) is 0.732. The molecule has 2 N–H and O–H groups in total. The van der Waals surface area contributed by atoms with Crippen molar-refractivity contribution in [2.24, 2.45) is 5.73 Å². The van der Waals surface area contributed by atoms with Crippen molar-refractivity contribution in [1.82, 2.24) is 14.7 Å². The third-order valence-electron chi connectivity index (χ3n) is 4.41. The zero-order valence-electron chi connectivity index (χ0n) is 19.2. The lowest BCUT2D eigenvalue weighted by atomic mass is 10.2. The van der Waals surface area contributed by atoms with E-state index >= 15 is 0 Å². The number of ether oxygens (including phenoxy) is 2. The van der Waals surface area contributed by atoms with Gasteiger partial charge in [-0.3, -0.25) is 9.69 Å². The van der Waals surface area contributed by atoms with Gasteiger partial charge < -0.3 is 20.1 Å². The number of hydrogen-bond acceptors (Lipinski definition) is 6. The SMILES string of the molecule is C#Cc1nn([C@H]2CCN(C(=O)OC(C)(C)C)C2)c(N(C)C(=O)OC(C)(C)C)c1C(N)=O. The van der Waals surface area contributed by atoms with Crippen molar-refractivity contribution in [3.8, 4) is 12.3 Å². The maximum Gasteiger partial charge on any atom is 0.415 e. The van der Waals surface area contributed by atoms with Crippen LogP contribution >= 0.6 is 0 Å². The van der Waals surface area contributed by atoms with Gasteiger partial charge in [0.05, 0.1) is 6.04 Å². The number of aromatic nitrogens is 2. The topological polar surface area (TPSA) is 120 Å². The van der Waals surface area contributed by atoms with E-state index in [4.69, 9.17) is 21.6 Å². The number of carbonyl (C=O) groups excluding carboxylic acids is 3. The van der Waals surface area contributed by atoms with Crippen LogP contribution in [0.25, 0.3) is 0 Å². The molecular weight excluding hydrogens is 402 g/mol. The van der Waals surface area contributed by atoms with Crippen LogP contribution in [0.2, 0.25) is 0 Å². The lowest BCUT2D eigenvalue weighted by Gasteiger charge is -2.27. The summed E-state index contributed by atoms with van der Waals surface area (Å²) in [5.74, 6) is 1.67. The fraction of sp³-hybridized carbons (Fsp3) is 0.619. The number of carbonyl (C=O) groups is 3. The molecule has 0 radical (unpaired) electrons. The van der Waals surface area contributed by atoms with Crippen LogP contribution in [-0.2, 0) is 9.47 Å². The summed E-state index contributed by atoms with van der Waals surface area (Å²) in [6.07, 6.45) is 4.92. The second kappa shape index (κ2) is 8.49. The number of anilines is 1. The van der Waals surface area contributed by atoms with E-state index in [1.54, 1.807) is 46.4 Å². The number of hydrogen-bond donors (Lipinski definition) is 1. The van der Waals surface area contributed by atoms with Crippen molar-refractivity contribution in [3.05, 3.63) is 11.3 Å². The van der Waals surface area contributed by atoms with Crippen molar-refractivity contribution in [2.75, 3.05) is 25.0 Å². The average molecular weight is 434 g/mol. The number of amides is 3. The number of nitrogens with two attached hydrogens (primary N) is 1. The van der Waals surface area contributed by atoms with Gasteiger partial charge in [-0.1, -0.05) is 0 Å². The Bertz CT molecular complexity index is 916. The molecule has 2 heterocycles. The first-order valence-corrected chi connectivity index (χ1v) is 9.98. The molecule has 2 rings (SSSR count). The molecule has 0 aliphatic carbocycles. The summed E-state index contributed by atoms with van der Waals surface area (Å²) in [6.45, 7) is 11.3. The van der Waals surface area contributed by atoms with Crippen molar-refractivity contribution in [3.63, 3.8) is 0 Å². The Labute approximate surface area is 182 Å². The predicted molar refractivity (Wildman–Crippen MR) is 115 cm³/mol. The van der Waals surface area contributed by atoms with Gasteiger partial charge in [0.15, 0.2) is 5.82 Å². The molecular formula is C21H31N5O5. The van der Waals surface area contributed by atoms with E-state index in [-0.39, 0.29) is 29.7 Å². The van der Waals surface area contributed by atoms with E-state index in [0.717, 1.165) is 4.90 Å². The average Bonchev–Trinajstić information content (AvgIpc) is 3.22. The highest BCUT2D eigenvalue weighted by Gasteiger charge is 2.36. The third kappa shape index (κ3) is 5.69. The number of likely N-dealkylation sites (tertiary alicyclic amines) is 1. The second-order valence-corrected chi connectivity index (χ2v) is 9.41. The minimum absolute atomic E-state index is 0.0219. The third-order valence-corrected chi connectivity index (χ3v) is 4.41. The standard InChI is InChI=1S/C21H31N5O5/c1-9-14-15(16(22)27)17(24(8)18(28)30-20(2,3)4)26(23-14)13-10-11-25(12-13)19(29)31-21(5,6)7/h1,13H,10-12H2,2-8H3,(H2,22,27)/t13-/m0/s1. The minimum atomic E-state index is -0.813. The van der Waals surface area contributed by atoms with Gasteiger partial charge in [-0.2, -0.15) is 5.10 Å². The van der Waals surface area contributed by atoms with Crippen LogP contribution in [0.4, 0.5) is 15.4 Å². The summed E-state index contributed by atoms with van der Waals surface area (Å²) in [7, 11) is 1.45. The molecule has 1 aromatic rings. The molecule has 31 heavy (non-hydrogen) atoms. The Kier molecular flexibility index (Phi) is 6.59. The van der Waals surface area contributed by atoms with Crippen LogP contribution < -0.4 is 10.6 Å². The number of primary amides is 1. The molecule has 1 saturated heterocycles. The fourth-order valence-corrected chi connectivity index (χ4v) is 3.18. The first-order chi connectivity index (χ1) is 14.1. The van der Waals surface area contributed by atoms with Crippen molar-refractivity contribution >= 4 is 23.9 Å². The Morgan fingerprint density at radius 3 is 2.23 bits per heavy atom. The van der Waals surface area contributed by atoms with Crippen molar-refractivity contribution < 1.29 is 23.9 Å². The van der Waals surface area contributed by atoms with Gasteiger partial charge in [0.2, 0.25) is 0 Å². The Balaban J connectivity index is 2.42. The number of nitrogens with zero attached hydrogens (tertiary/aromatic N) is 4. The van der Waals surface area contributed by atoms with Gasteiger partial charge in [0.1, 0.15) is 22.5 Å². The molecule has 10 heteroatoms. The monoisotopic (exact) mass is 433 g/mol. The van der Waals surface area contributed by atoms with E-state index in [1.807, 2.05) is 0 Å². The highest BCUT2D eigenvalue weighted by atomic mass is 16.6. The smallest absolute Gasteiger partial charge is 0.415 e. The maximum absolute atomic E-state index is 12.7. The normalized spacial score (nSPS) is 16.6. The van der Waals surface area contributed by atoms with Crippen molar-refractivity contribution in [1.29, 1.82) is 0 Å². The van der Waals surface area contributed by atoms with E-state index in [9.17, 15) is 14.4 Å². The summed E-state index contributed by atoms with van der Waals surface area (Å²) in [5.41, 5.74) is 4.16. The van der Waals surface area contributed by atoms with Gasteiger partial charge in [0.25, 0.3) is 5.91 Å². The largest absolute Gasteiger partial charge is 0.444 e. The fourth-order valence-electron chi connectivity index (χ4n) is 3.18. The molecule has 3 amide bonds. The zero-order valence-corrected chi connectivity index (χ0v) is 19.2. The van der Waals surface area contributed by atoms with Crippen LogP contribution in [0.3, 0.4) is 0 Å². The molecule has 0 saturated carbocycles. The molecule has 0 spiro atoms. The predicted octanol–water partition coefficient (Wildman–Crippen LogP) is 2.52. The van der Waals surface area contributed by atoms with Crippen molar-refractivity contribution in [2.45, 2.75) is 65.2 Å².